The van der Waals surface area contributed by atoms with Gasteiger partial charge in [-0.15, -0.1) is 0 Å². The Morgan fingerprint density at radius 3 is 2.31 bits per heavy atom. The standard InChI is InChI=1S/C27H30O5/c1-18-3-4-21(15-27(18)32-2)9-12-26(31)24(14-20-5-6-20)25(30)11-8-19-7-10-22(16-28)23(13-19)17-29/h3-4,7-13,15,20,28-30H,5-6,14,16-17H2,1-2H3/b11-8+,12-9+,25-24?. The summed E-state index contributed by atoms with van der Waals surface area (Å²) < 4.78 is 5.34. The summed E-state index contributed by atoms with van der Waals surface area (Å²) in [5.41, 5.74) is 4.31. The van der Waals surface area contributed by atoms with E-state index in [0.717, 1.165) is 35.3 Å². The molecule has 5 heteroatoms. The molecule has 0 aliphatic heterocycles. The summed E-state index contributed by atoms with van der Waals surface area (Å²) in [4.78, 5) is 12.9. The minimum Gasteiger partial charge on any atom is -0.508 e. The second-order valence-corrected chi connectivity index (χ2v) is 8.12. The molecule has 2 aromatic carbocycles. The van der Waals surface area contributed by atoms with Crippen LogP contribution in [0, 0.1) is 12.8 Å². The van der Waals surface area contributed by atoms with Gasteiger partial charge in [0.15, 0.2) is 5.78 Å². The fourth-order valence-electron chi connectivity index (χ4n) is 3.48. The van der Waals surface area contributed by atoms with Crippen LogP contribution in [0.2, 0.25) is 0 Å². The van der Waals surface area contributed by atoms with E-state index in [2.05, 4.69) is 0 Å². The van der Waals surface area contributed by atoms with Gasteiger partial charge in [0.2, 0.25) is 0 Å². The Labute approximate surface area is 189 Å². The van der Waals surface area contributed by atoms with E-state index in [1.807, 2.05) is 25.1 Å². The molecular weight excluding hydrogens is 404 g/mol. The van der Waals surface area contributed by atoms with Crippen molar-refractivity contribution in [3.63, 3.8) is 0 Å². The maximum atomic E-state index is 12.9. The van der Waals surface area contributed by atoms with E-state index in [-0.39, 0.29) is 24.8 Å². The quantitative estimate of drug-likeness (QED) is 0.281. The number of aryl methyl sites for hydroxylation is 1. The number of hydrogen-bond donors (Lipinski definition) is 3. The van der Waals surface area contributed by atoms with Gasteiger partial charge in [-0.2, -0.15) is 0 Å². The molecule has 0 amide bonds. The molecule has 0 bridgehead atoms. The molecule has 0 saturated heterocycles. The van der Waals surface area contributed by atoms with Crippen molar-refractivity contribution in [1.82, 2.24) is 0 Å². The fraction of sp³-hybridized carbons (Fsp3) is 0.296. The maximum absolute atomic E-state index is 12.9. The van der Waals surface area contributed by atoms with Gasteiger partial charge in [0.05, 0.1) is 20.3 Å². The summed E-state index contributed by atoms with van der Waals surface area (Å²) in [5.74, 6) is 0.922. The van der Waals surface area contributed by atoms with E-state index in [1.165, 1.54) is 12.2 Å². The highest BCUT2D eigenvalue weighted by Gasteiger charge is 2.26. The van der Waals surface area contributed by atoms with E-state index in [4.69, 9.17) is 4.74 Å². The first-order valence-electron chi connectivity index (χ1n) is 10.8. The Morgan fingerprint density at radius 1 is 1.00 bits per heavy atom. The third-order valence-corrected chi connectivity index (χ3v) is 5.66. The molecule has 1 saturated carbocycles. The largest absolute Gasteiger partial charge is 0.508 e. The molecule has 1 aliphatic carbocycles. The number of ether oxygens (including phenoxy) is 1. The number of allylic oxidation sites excluding steroid dienone is 3. The first-order valence-corrected chi connectivity index (χ1v) is 10.8. The number of carbonyl (C=O) groups is 1. The number of methoxy groups -OCH3 is 1. The molecule has 1 fully saturated rings. The molecule has 0 unspecified atom stereocenters. The molecule has 0 atom stereocenters. The second kappa shape index (κ2) is 10.9. The van der Waals surface area contributed by atoms with Crippen molar-refractivity contribution >= 4 is 17.9 Å². The van der Waals surface area contributed by atoms with Gasteiger partial charge < -0.3 is 20.1 Å². The number of hydrogen-bond acceptors (Lipinski definition) is 5. The van der Waals surface area contributed by atoms with Gasteiger partial charge >= 0.3 is 0 Å². The number of aliphatic hydroxyl groups excluding tert-OH is 3. The van der Waals surface area contributed by atoms with Gasteiger partial charge in [-0.05, 0) is 84.2 Å². The summed E-state index contributed by atoms with van der Waals surface area (Å²) in [5, 5.41) is 29.5. The van der Waals surface area contributed by atoms with Crippen molar-refractivity contribution in [3.05, 3.63) is 87.7 Å². The molecule has 3 rings (SSSR count). The number of carbonyl (C=O) groups excluding carboxylic acids is 1. The molecule has 32 heavy (non-hydrogen) atoms. The first kappa shape index (κ1) is 23.5. The molecule has 168 valence electrons. The molecule has 0 aromatic heterocycles. The monoisotopic (exact) mass is 434 g/mol. The van der Waals surface area contributed by atoms with Crippen molar-refractivity contribution in [1.29, 1.82) is 0 Å². The lowest BCUT2D eigenvalue weighted by molar-refractivity contribution is -0.111. The SMILES string of the molecule is COc1cc(/C=C/C(=O)C(CC2CC2)=C(O)/C=C/c2ccc(CO)c(CO)c2)ccc1C. The zero-order chi connectivity index (χ0) is 23.1. The van der Waals surface area contributed by atoms with Crippen LogP contribution in [0.4, 0.5) is 0 Å². The number of ketones is 1. The molecule has 3 N–H and O–H groups in total. The van der Waals surface area contributed by atoms with Crippen molar-refractivity contribution in [3.8, 4) is 5.75 Å². The summed E-state index contributed by atoms with van der Waals surface area (Å²) in [6, 6.07) is 11.0. The van der Waals surface area contributed by atoms with Crippen molar-refractivity contribution in [2.45, 2.75) is 39.4 Å². The van der Waals surface area contributed by atoms with Crippen LogP contribution < -0.4 is 4.74 Å². The molecule has 1 aliphatic rings. The van der Waals surface area contributed by atoms with Gasteiger partial charge in [0, 0.05) is 5.57 Å². The molecule has 0 radical (unpaired) electrons. The van der Waals surface area contributed by atoms with Gasteiger partial charge in [-0.25, -0.2) is 0 Å². The lowest BCUT2D eigenvalue weighted by atomic mass is 10.0. The van der Waals surface area contributed by atoms with Crippen molar-refractivity contribution < 1.29 is 24.9 Å². The second-order valence-electron chi connectivity index (χ2n) is 8.12. The molecular formula is C27H30O5. The smallest absolute Gasteiger partial charge is 0.185 e. The summed E-state index contributed by atoms with van der Waals surface area (Å²) >= 11 is 0. The minimum atomic E-state index is -0.217. The van der Waals surface area contributed by atoms with E-state index < -0.39 is 0 Å². The lowest BCUT2D eigenvalue weighted by Gasteiger charge is -2.07. The van der Waals surface area contributed by atoms with Crippen molar-refractivity contribution in [2.24, 2.45) is 5.92 Å². The third-order valence-electron chi connectivity index (χ3n) is 5.66. The van der Waals surface area contributed by atoms with Crippen LogP contribution >= 0.6 is 0 Å². The Hall–Kier alpha value is -3.15. The Kier molecular flexibility index (Phi) is 8.03. The lowest BCUT2D eigenvalue weighted by Crippen LogP contribution is -2.03. The number of aliphatic hydroxyl groups is 3. The van der Waals surface area contributed by atoms with E-state index in [0.29, 0.717) is 29.0 Å². The highest BCUT2D eigenvalue weighted by atomic mass is 16.5. The topological polar surface area (TPSA) is 87.0 Å². The van der Waals surface area contributed by atoms with Crippen LogP contribution in [0.3, 0.4) is 0 Å². The Balaban J connectivity index is 1.82. The predicted octanol–water partition coefficient (Wildman–Crippen LogP) is 4.90. The molecule has 0 spiro atoms. The zero-order valence-corrected chi connectivity index (χ0v) is 18.5. The highest BCUT2D eigenvalue weighted by molar-refractivity contribution is 6.07. The summed E-state index contributed by atoms with van der Waals surface area (Å²) in [7, 11) is 1.61. The maximum Gasteiger partial charge on any atom is 0.185 e. The van der Waals surface area contributed by atoms with Crippen LogP contribution in [0.1, 0.15) is 47.1 Å². The molecule has 0 heterocycles. The average molecular weight is 435 g/mol. The Bertz CT molecular complexity index is 1060. The van der Waals surface area contributed by atoms with Gasteiger partial charge in [0.1, 0.15) is 11.5 Å². The van der Waals surface area contributed by atoms with Crippen LogP contribution in [0.5, 0.6) is 5.75 Å². The van der Waals surface area contributed by atoms with Gasteiger partial charge in [-0.1, -0.05) is 36.4 Å². The third kappa shape index (κ3) is 6.19. The van der Waals surface area contributed by atoms with Crippen molar-refractivity contribution in [2.75, 3.05) is 7.11 Å². The summed E-state index contributed by atoms with van der Waals surface area (Å²) in [6.07, 6.45) is 9.12. The van der Waals surface area contributed by atoms with Crippen LogP contribution in [-0.4, -0.2) is 28.2 Å². The van der Waals surface area contributed by atoms with Crippen LogP contribution in [0.25, 0.3) is 12.2 Å². The van der Waals surface area contributed by atoms with Crippen LogP contribution in [0.15, 0.2) is 59.9 Å². The number of rotatable bonds is 10. The van der Waals surface area contributed by atoms with Crippen LogP contribution in [-0.2, 0) is 18.0 Å². The van der Waals surface area contributed by atoms with Gasteiger partial charge in [-0.3, -0.25) is 4.79 Å². The summed E-state index contributed by atoms with van der Waals surface area (Å²) in [6.45, 7) is 1.63. The van der Waals surface area contributed by atoms with E-state index >= 15 is 0 Å². The van der Waals surface area contributed by atoms with E-state index in [1.54, 1.807) is 37.5 Å². The fourth-order valence-corrected chi connectivity index (χ4v) is 3.48. The predicted molar refractivity (Wildman–Crippen MR) is 126 cm³/mol. The molecule has 2 aromatic rings. The average Bonchev–Trinajstić information content (AvgIpc) is 3.64. The Morgan fingerprint density at radius 2 is 1.66 bits per heavy atom. The van der Waals surface area contributed by atoms with Gasteiger partial charge in [0.25, 0.3) is 0 Å². The normalized spacial score (nSPS) is 14.8. The van der Waals surface area contributed by atoms with E-state index in [9.17, 15) is 20.1 Å². The number of benzene rings is 2. The molecule has 5 nitrogen and oxygen atoms in total. The first-order chi connectivity index (χ1) is 15.4. The zero-order valence-electron chi connectivity index (χ0n) is 18.5. The minimum absolute atomic E-state index is 0.0511. The highest BCUT2D eigenvalue weighted by Crippen LogP contribution is 2.36.